The Kier molecular flexibility index (Phi) is 5.07. The molecule has 1 saturated heterocycles. The van der Waals surface area contributed by atoms with Gasteiger partial charge in [-0.2, -0.15) is 0 Å². The molecule has 2 N–H and O–H groups in total. The average Bonchev–Trinajstić information content (AvgIpc) is 2.44. The molecule has 1 fully saturated rings. The SMILES string of the molecule is COC1CCN(C(C)c2cc(F)cc(F)c2)C(CN)C1. The fraction of sp³-hybridized carbons (Fsp3) is 0.600. The van der Waals surface area contributed by atoms with Crippen LogP contribution in [0.3, 0.4) is 0 Å². The highest BCUT2D eigenvalue weighted by Gasteiger charge is 2.31. The van der Waals surface area contributed by atoms with Crippen molar-refractivity contribution in [1.29, 1.82) is 0 Å². The Bertz CT molecular complexity index is 435. The van der Waals surface area contributed by atoms with Crippen LogP contribution in [0.2, 0.25) is 0 Å². The van der Waals surface area contributed by atoms with Crippen molar-refractivity contribution in [2.75, 3.05) is 20.2 Å². The quantitative estimate of drug-likeness (QED) is 0.923. The van der Waals surface area contributed by atoms with Crippen LogP contribution in [0.4, 0.5) is 8.78 Å². The zero-order chi connectivity index (χ0) is 14.7. The maximum absolute atomic E-state index is 13.3. The van der Waals surface area contributed by atoms with E-state index < -0.39 is 11.6 Å². The molecule has 0 aliphatic carbocycles. The van der Waals surface area contributed by atoms with Crippen molar-refractivity contribution < 1.29 is 13.5 Å². The van der Waals surface area contributed by atoms with Crippen molar-refractivity contribution in [1.82, 2.24) is 4.90 Å². The maximum atomic E-state index is 13.3. The molecule has 0 spiro atoms. The Morgan fingerprint density at radius 3 is 2.55 bits per heavy atom. The molecule has 0 bridgehead atoms. The van der Waals surface area contributed by atoms with Crippen LogP contribution < -0.4 is 5.73 Å². The number of hydrogen-bond donors (Lipinski definition) is 1. The first-order chi connectivity index (χ1) is 9.55. The molecule has 3 nitrogen and oxygen atoms in total. The number of nitrogens with two attached hydrogens (primary N) is 1. The van der Waals surface area contributed by atoms with Crippen molar-refractivity contribution >= 4 is 0 Å². The zero-order valence-electron chi connectivity index (χ0n) is 12.0. The zero-order valence-corrected chi connectivity index (χ0v) is 12.0. The highest BCUT2D eigenvalue weighted by molar-refractivity contribution is 5.21. The number of halogens is 2. The molecule has 1 aliphatic heterocycles. The Morgan fingerprint density at radius 2 is 2.00 bits per heavy atom. The van der Waals surface area contributed by atoms with Crippen LogP contribution in [0.25, 0.3) is 0 Å². The van der Waals surface area contributed by atoms with Crippen LogP contribution in [0.15, 0.2) is 18.2 Å². The minimum atomic E-state index is -0.539. The molecule has 112 valence electrons. The first-order valence-corrected chi connectivity index (χ1v) is 6.99. The maximum Gasteiger partial charge on any atom is 0.126 e. The van der Waals surface area contributed by atoms with Crippen LogP contribution in [0.1, 0.15) is 31.4 Å². The Balaban J connectivity index is 2.16. The standard InChI is InChI=1S/C15H22F2N2O/c1-10(11-5-12(16)7-13(17)6-11)19-4-3-15(20-2)8-14(19)9-18/h5-7,10,14-15H,3-4,8-9,18H2,1-2H3. The van der Waals surface area contributed by atoms with Crippen molar-refractivity contribution in [2.24, 2.45) is 5.73 Å². The van der Waals surface area contributed by atoms with Gasteiger partial charge in [0.25, 0.3) is 0 Å². The highest BCUT2D eigenvalue weighted by atomic mass is 19.1. The minimum Gasteiger partial charge on any atom is -0.381 e. The van der Waals surface area contributed by atoms with Crippen molar-refractivity contribution in [3.05, 3.63) is 35.4 Å². The Labute approximate surface area is 118 Å². The van der Waals surface area contributed by atoms with Gasteiger partial charge in [-0.3, -0.25) is 4.90 Å². The fourth-order valence-corrected chi connectivity index (χ4v) is 3.00. The van der Waals surface area contributed by atoms with E-state index in [0.29, 0.717) is 12.1 Å². The molecule has 1 heterocycles. The van der Waals surface area contributed by atoms with E-state index in [1.807, 2.05) is 6.92 Å². The van der Waals surface area contributed by atoms with Gasteiger partial charge >= 0.3 is 0 Å². The molecule has 0 amide bonds. The van der Waals surface area contributed by atoms with E-state index in [2.05, 4.69) is 4.90 Å². The number of nitrogens with zero attached hydrogens (tertiary/aromatic N) is 1. The number of benzene rings is 1. The van der Waals surface area contributed by atoms with Gasteiger partial charge in [-0.25, -0.2) is 8.78 Å². The van der Waals surface area contributed by atoms with E-state index >= 15 is 0 Å². The summed E-state index contributed by atoms with van der Waals surface area (Å²) >= 11 is 0. The molecular weight excluding hydrogens is 262 g/mol. The van der Waals surface area contributed by atoms with Gasteiger partial charge < -0.3 is 10.5 Å². The predicted molar refractivity (Wildman–Crippen MR) is 74.4 cm³/mol. The topological polar surface area (TPSA) is 38.5 Å². The number of hydrogen-bond acceptors (Lipinski definition) is 3. The van der Waals surface area contributed by atoms with E-state index in [1.54, 1.807) is 7.11 Å². The molecular formula is C15H22F2N2O. The number of piperidine rings is 1. The highest BCUT2D eigenvalue weighted by Crippen LogP contribution is 2.29. The molecule has 3 unspecified atom stereocenters. The second kappa shape index (κ2) is 6.61. The number of ether oxygens (including phenoxy) is 1. The van der Waals surface area contributed by atoms with E-state index in [9.17, 15) is 8.78 Å². The lowest BCUT2D eigenvalue weighted by molar-refractivity contribution is -0.00172. The summed E-state index contributed by atoms with van der Waals surface area (Å²) in [6.45, 7) is 3.30. The van der Waals surface area contributed by atoms with Crippen molar-refractivity contribution in [3.63, 3.8) is 0 Å². The van der Waals surface area contributed by atoms with Gasteiger partial charge in [0, 0.05) is 38.3 Å². The summed E-state index contributed by atoms with van der Waals surface area (Å²) in [5, 5.41) is 0. The summed E-state index contributed by atoms with van der Waals surface area (Å²) in [6, 6.07) is 3.79. The van der Waals surface area contributed by atoms with E-state index in [0.717, 1.165) is 25.5 Å². The molecule has 5 heteroatoms. The molecule has 1 aromatic rings. The molecule has 2 rings (SSSR count). The molecule has 20 heavy (non-hydrogen) atoms. The van der Waals surface area contributed by atoms with Gasteiger partial charge in [0.2, 0.25) is 0 Å². The third-order valence-electron chi connectivity index (χ3n) is 4.18. The van der Waals surface area contributed by atoms with Crippen LogP contribution in [-0.2, 0) is 4.74 Å². The third-order valence-corrected chi connectivity index (χ3v) is 4.18. The molecule has 0 radical (unpaired) electrons. The normalized spacial score (nSPS) is 25.6. The van der Waals surface area contributed by atoms with Gasteiger partial charge in [0.05, 0.1) is 6.10 Å². The molecule has 0 aromatic heterocycles. The molecule has 0 saturated carbocycles. The van der Waals surface area contributed by atoms with E-state index in [-0.39, 0.29) is 18.2 Å². The molecule has 3 atom stereocenters. The lowest BCUT2D eigenvalue weighted by atomic mass is 9.95. The van der Waals surface area contributed by atoms with Gasteiger partial charge in [-0.1, -0.05) is 0 Å². The number of rotatable bonds is 4. The van der Waals surface area contributed by atoms with Crippen LogP contribution >= 0.6 is 0 Å². The van der Waals surface area contributed by atoms with Crippen LogP contribution in [0.5, 0.6) is 0 Å². The largest absolute Gasteiger partial charge is 0.381 e. The van der Waals surface area contributed by atoms with Crippen molar-refractivity contribution in [3.8, 4) is 0 Å². The van der Waals surface area contributed by atoms with E-state index in [1.165, 1.54) is 12.1 Å². The molecule has 1 aromatic carbocycles. The number of methoxy groups -OCH3 is 1. The third kappa shape index (κ3) is 3.34. The Hall–Kier alpha value is -1.04. The summed E-state index contributed by atoms with van der Waals surface area (Å²) in [4.78, 5) is 2.21. The second-order valence-corrected chi connectivity index (χ2v) is 5.39. The minimum absolute atomic E-state index is 0.0634. The fourth-order valence-electron chi connectivity index (χ4n) is 3.00. The lowest BCUT2D eigenvalue weighted by Crippen LogP contribution is -2.49. The molecule has 1 aliphatic rings. The average molecular weight is 284 g/mol. The van der Waals surface area contributed by atoms with E-state index in [4.69, 9.17) is 10.5 Å². The summed E-state index contributed by atoms with van der Waals surface area (Å²) in [5.41, 5.74) is 6.49. The predicted octanol–water partition coefficient (Wildman–Crippen LogP) is 2.46. The Morgan fingerprint density at radius 1 is 1.35 bits per heavy atom. The van der Waals surface area contributed by atoms with Gasteiger partial charge in [0.15, 0.2) is 0 Å². The first kappa shape index (κ1) is 15.4. The van der Waals surface area contributed by atoms with Crippen LogP contribution in [0, 0.1) is 11.6 Å². The van der Waals surface area contributed by atoms with Crippen LogP contribution in [-0.4, -0.2) is 37.2 Å². The summed E-state index contributed by atoms with van der Waals surface area (Å²) in [7, 11) is 1.71. The summed E-state index contributed by atoms with van der Waals surface area (Å²) in [6.07, 6.45) is 1.99. The monoisotopic (exact) mass is 284 g/mol. The van der Waals surface area contributed by atoms with Gasteiger partial charge in [-0.05, 0) is 37.5 Å². The lowest BCUT2D eigenvalue weighted by Gasteiger charge is -2.42. The second-order valence-electron chi connectivity index (χ2n) is 5.39. The summed E-state index contributed by atoms with van der Waals surface area (Å²) < 4.78 is 32.1. The van der Waals surface area contributed by atoms with Crippen molar-refractivity contribution in [2.45, 2.75) is 38.0 Å². The first-order valence-electron chi connectivity index (χ1n) is 6.99. The summed E-state index contributed by atoms with van der Waals surface area (Å²) in [5.74, 6) is -1.08. The van der Waals surface area contributed by atoms with Gasteiger partial charge in [0.1, 0.15) is 11.6 Å². The van der Waals surface area contributed by atoms with Gasteiger partial charge in [-0.15, -0.1) is 0 Å². The number of likely N-dealkylation sites (tertiary alicyclic amines) is 1. The smallest absolute Gasteiger partial charge is 0.126 e.